The SMILES string of the molecule is CC[C@@](C)(O)c1ccccc1O.[C-]#[O+].[C-]#[O+].[C-]#[O+].[Cr]. The summed E-state index contributed by atoms with van der Waals surface area (Å²) >= 11 is 0. The first-order chi connectivity index (χ1) is 8.58. The Hall–Kier alpha value is -1.27. The summed E-state index contributed by atoms with van der Waals surface area (Å²) in [5.41, 5.74) is -0.335. The van der Waals surface area contributed by atoms with E-state index in [0.29, 0.717) is 12.0 Å². The van der Waals surface area contributed by atoms with Crippen molar-refractivity contribution < 1.29 is 41.5 Å². The molecule has 0 saturated carbocycles. The quantitative estimate of drug-likeness (QED) is 0.644. The molecule has 6 heteroatoms. The molecule has 0 unspecified atom stereocenters. The molecular weight excluding hydrogens is 288 g/mol. The van der Waals surface area contributed by atoms with Gasteiger partial charge in [-0.15, -0.1) is 0 Å². The third kappa shape index (κ3) is 10.3. The van der Waals surface area contributed by atoms with Crippen molar-refractivity contribution in [3.8, 4) is 5.75 Å². The molecule has 0 aliphatic carbocycles. The standard InChI is InChI=1S/C10H14O2.3CO.Cr/c1-3-10(2,12)8-6-4-5-7-9(8)11;3*1-2;/h4-7,11-12H,3H2,1-2H3;;;;/t10-;;;;/m1..../s1. The third-order valence-corrected chi connectivity index (χ3v) is 2.17. The number of hydrogen-bond donors (Lipinski definition) is 2. The summed E-state index contributed by atoms with van der Waals surface area (Å²) in [7, 11) is 0. The van der Waals surface area contributed by atoms with Gasteiger partial charge in [0.15, 0.2) is 0 Å². The predicted molar refractivity (Wildman–Crippen MR) is 59.8 cm³/mol. The summed E-state index contributed by atoms with van der Waals surface area (Å²) in [6, 6.07) is 6.86. The van der Waals surface area contributed by atoms with E-state index < -0.39 is 5.60 Å². The maximum absolute atomic E-state index is 9.82. The van der Waals surface area contributed by atoms with Crippen molar-refractivity contribution in [1.29, 1.82) is 0 Å². The maximum Gasteiger partial charge on any atom is 0 e. The first-order valence-electron chi connectivity index (χ1n) is 4.70. The molecule has 0 aliphatic heterocycles. The summed E-state index contributed by atoms with van der Waals surface area (Å²) in [5, 5.41) is 19.2. The molecule has 0 fully saturated rings. The minimum atomic E-state index is -0.925. The summed E-state index contributed by atoms with van der Waals surface area (Å²) in [5.74, 6) is 0.157. The van der Waals surface area contributed by atoms with Gasteiger partial charge in [-0.05, 0) is 19.4 Å². The van der Waals surface area contributed by atoms with Gasteiger partial charge in [-0.25, -0.2) is 0 Å². The molecule has 1 atom stereocenters. The van der Waals surface area contributed by atoms with Gasteiger partial charge >= 0.3 is 33.9 Å². The van der Waals surface area contributed by atoms with Gasteiger partial charge in [-0.1, -0.05) is 25.1 Å². The maximum atomic E-state index is 9.82. The molecule has 0 saturated heterocycles. The van der Waals surface area contributed by atoms with Gasteiger partial charge in [0, 0.05) is 22.9 Å². The molecule has 5 nitrogen and oxygen atoms in total. The minimum Gasteiger partial charge on any atom is 0 e. The first-order valence-corrected chi connectivity index (χ1v) is 4.70. The van der Waals surface area contributed by atoms with Crippen LogP contribution < -0.4 is 0 Å². The van der Waals surface area contributed by atoms with Gasteiger partial charge in [0.1, 0.15) is 5.75 Å². The molecule has 0 spiro atoms. The number of phenolic OH excluding ortho intramolecular Hbond substituents is 1. The number of hydrogen-bond acceptors (Lipinski definition) is 2. The minimum absolute atomic E-state index is 0. The van der Waals surface area contributed by atoms with Gasteiger partial charge in [0.05, 0.1) is 5.60 Å². The summed E-state index contributed by atoms with van der Waals surface area (Å²) in [4.78, 5) is 0. The predicted octanol–water partition coefficient (Wildman–Crippen LogP) is 1.89. The van der Waals surface area contributed by atoms with E-state index in [4.69, 9.17) is 14.0 Å². The molecule has 1 rings (SSSR count). The Morgan fingerprint density at radius 3 is 1.74 bits per heavy atom. The zero-order valence-electron chi connectivity index (χ0n) is 10.5. The van der Waals surface area contributed by atoms with Crippen LogP contribution in [0.15, 0.2) is 24.3 Å². The number of benzene rings is 1. The summed E-state index contributed by atoms with van der Waals surface area (Å²) in [6.45, 7) is 17.1. The van der Waals surface area contributed by atoms with E-state index in [0.717, 1.165) is 0 Å². The number of para-hydroxylation sites is 1. The van der Waals surface area contributed by atoms with Crippen molar-refractivity contribution in [2.45, 2.75) is 25.9 Å². The number of aliphatic hydroxyl groups is 1. The van der Waals surface area contributed by atoms with Crippen molar-refractivity contribution in [3.05, 3.63) is 49.8 Å². The number of phenols is 1. The van der Waals surface area contributed by atoms with Crippen LogP contribution in [0.5, 0.6) is 5.75 Å². The van der Waals surface area contributed by atoms with Crippen LogP contribution in [0, 0.1) is 20.0 Å². The molecule has 1 aromatic carbocycles. The second-order valence-electron chi connectivity index (χ2n) is 3.14. The zero-order chi connectivity index (χ0) is 15.2. The van der Waals surface area contributed by atoms with Crippen LogP contribution in [0.4, 0.5) is 0 Å². The Balaban J connectivity index is -0.000000142. The van der Waals surface area contributed by atoms with Crippen LogP contribution >= 0.6 is 0 Å². The molecule has 19 heavy (non-hydrogen) atoms. The van der Waals surface area contributed by atoms with Crippen LogP contribution in [0.2, 0.25) is 0 Å². The van der Waals surface area contributed by atoms with Gasteiger partial charge in [0.2, 0.25) is 0 Å². The Labute approximate surface area is 123 Å². The second kappa shape index (κ2) is 16.7. The Morgan fingerprint density at radius 2 is 1.42 bits per heavy atom. The van der Waals surface area contributed by atoms with E-state index in [9.17, 15) is 10.2 Å². The van der Waals surface area contributed by atoms with Crippen molar-refractivity contribution in [3.63, 3.8) is 0 Å². The van der Waals surface area contributed by atoms with E-state index in [1.165, 1.54) is 0 Å². The third-order valence-electron chi connectivity index (χ3n) is 2.17. The van der Waals surface area contributed by atoms with Gasteiger partial charge in [-0.3, -0.25) is 0 Å². The molecule has 0 amide bonds. The fourth-order valence-electron chi connectivity index (χ4n) is 1.12. The molecule has 0 bridgehead atoms. The largest absolute Gasteiger partial charge is 0 e. The van der Waals surface area contributed by atoms with Crippen molar-refractivity contribution >= 4 is 0 Å². The smallest absolute Gasteiger partial charge is 0 e. The van der Waals surface area contributed by atoms with Crippen molar-refractivity contribution in [2.24, 2.45) is 0 Å². The molecular formula is C13H14CrO5. The van der Waals surface area contributed by atoms with Crippen LogP contribution in [-0.2, 0) is 36.9 Å². The molecule has 0 radical (unpaired) electrons. The van der Waals surface area contributed by atoms with E-state index in [2.05, 4.69) is 20.0 Å². The van der Waals surface area contributed by atoms with Crippen molar-refractivity contribution in [1.82, 2.24) is 0 Å². The van der Waals surface area contributed by atoms with Crippen LogP contribution in [0.3, 0.4) is 0 Å². The Bertz CT molecular complexity index is 368. The average Bonchev–Trinajstić information content (AvgIpc) is 2.46. The Kier molecular flexibility index (Phi) is 23.2. The summed E-state index contributed by atoms with van der Waals surface area (Å²) in [6.07, 6.45) is 0.588. The number of rotatable bonds is 2. The van der Waals surface area contributed by atoms with Gasteiger partial charge < -0.3 is 10.2 Å². The molecule has 2 N–H and O–H groups in total. The molecule has 0 heterocycles. The molecule has 1 aromatic rings. The normalized spacial score (nSPS) is 10.2. The zero-order valence-corrected chi connectivity index (χ0v) is 11.8. The van der Waals surface area contributed by atoms with Crippen LogP contribution in [0.25, 0.3) is 0 Å². The molecule has 0 aliphatic rings. The van der Waals surface area contributed by atoms with Crippen molar-refractivity contribution in [2.75, 3.05) is 0 Å². The van der Waals surface area contributed by atoms with E-state index >= 15 is 0 Å². The average molecular weight is 302 g/mol. The van der Waals surface area contributed by atoms with Crippen LogP contribution in [0.1, 0.15) is 25.8 Å². The van der Waals surface area contributed by atoms with Gasteiger partial charge in [0.25, 0.3) is 0 Å². The van der Waals surface area contributed by atoms with E-state index in [-0.39, 0.29) is 23.1 Å². The second-order valence-corrected chi connectivity index (χ2v) is 3.14. The topological polar surface area (TPSA) is 100 Å². The monoisotopic (exact) mass is 302 g/mol. The van der Waals surface area contributed by atoms with Crippen LogP contribution in [-0.4, -0.2) is 10.2 Å². The molecule has 102 valence electrons. The van der Waals surface area contributed by atoms with Gasteiger partial charge in [-0.2, -0.15) is 0 Å². The fourth-order valence-corrected chi connectivity index (χ4v) is 1.12. The van der Waals surface area contributed by atoms with E-state index in [1.807, 2.05) is 6.92 Å². The first kappa shape index (κ1) is 26.3. The Morgan fingerprint density at radius 1 is 1.05 bits per heavy atom. The summed E-state index contributed by atoms with van der Waals surface area (Å²) < 4.78 is 22.5. The fraction of sp³-hybridized carbons (Fsp3) is 0.308. The number of aromatic hydroxyl groups is 1. The molecule has 0 aromatic heterocycles. The van der Waals surface area contributed by atoms with E-state index in [1.54, 1.807) is 31.2 Å².